The lowest BCUT2D eigenvalue weighted by molar-refractivity contribution is 0.209. The molecular weight excluding hydrogens is 529 g/mol. The van der Waals surface area contributed by atoms with Crippen molar-refractivity contribution < 1.29 is 17.9 Å². The first-order valence-electron chi connectivity index (χ1n) is 12.8. The van der Waals surface area contributed by atoms with Gasteiger partial charge in [-0.3, -0.25) is 0 Å². The van der Waals surface area contributed by atoms with Gasteiger partial charge < -0.3 is 9.30 Å². The number of halogens is 4. The summed E-state index contributed by atoms with van der Waals surface area (Å²) in [6.45, 7) is 0.534. The number of benzene rings is 3. The summed E-state index contributed by atoms with van der Waals surface area (Å²) in [5.74, 6) is -0.877. The van der Waals surface area contributed by atoms with Crippen molar-refractivity contribution in [3.63, 3.8) is 0 Å². The van der Waals surface area contributed by atoms with Crippen LogP contribution in [0.2, 0.25) is 5.02 Å². The number of rotatable bonds is 7. The van der Waals surface area contributed by atoms with E-state index in [1.807, 2.05) is 0 Å². The summed E-state index contributed by atoms with van der Waals surface area (Å²) in [6.07, 6.45) is 5.81. The third kappa shape index (κ3) is 5.21. The first-order valence-corrected chi connectivity index (χ1v) is 13.1. The molecule has 2 heterocycles. The molecule has 3 aromatic carbocycles. The van der Waals surface area contributed by atoms with Gasteiger partial charge in [-0.2, -0.15) is 0 Å². The molecule has 0 aliphatic heterocycles. The predicted octanol–water partition coefficient (Wildman–Crippen LogP) is 6.96. The Morgan fingerprint density at radius 3 is 2.54 bits per heavy atom. The van der Waals surface area contributed by atoms with Crippen LogP contribution >= 0.6 is 11.6 Å². The number of nitrogens with zero attached hydrogens (tertiary/aromatic N) is 5. The van der Waals surface area contributed by atoms with E-state index in [9.17, 15) is 8.78 Å². The highest BCUT2D eigenvalue weighted by Crippen LogP contribution is 2.36. The summed E-state index contributed by atoms with van der Waals surface area (Å²) in [5, 5.41) is 13.9. The number of nitrogens with one attached hydrogen (secondary N) is 1. The van der Waals surface area contributed by atoms with Gasteiger partial charge in [0.2, 0.25) is 0 Å². The van der Waals surface area contributed by atoms with Gasteiger partial charge in [0.05, 0.1) is 29.7 Å². The third-order valence-corrected chi connectivity index (χ3v) is 7.41. The van der Waals surface area contributed by atoms with Crippen molar-refractivity contribution in [3.05, 3.63) is 76.6 Å². The molecule has 0 spiro atoms. The second-order valence-corrected chi connectivity index (χ2v) is 10.2. The van der Waals surface area contributed by atoms with Crippen LogP contribution < -0.4 is 4.74 Å². The van der Waals surface area contributed by atoms with Gasteiger partial charge in [0.25, 0.3) is 0 Å². The van der Waals surface area contributed by atoms with Gasteiger partial charge in [0, 0.05) is 28.3 Å². The minimum absolute atomic E-state index is 0.00235. The Labute approximate surface area is 227 Å². The molecule has 2 aromatic heterocycles. The Hall–Kier alpha value is -3.92. The summed E-state index contributed by atoms with van der Waals surface area (Å²) in [6, 6.07) is 11.9. The van der Waals surface area contributed by atoms with Gasteiger partial charge in [0.15, 0.2) is 17.5 Å². The highest BCUT2D eigenvalue weighted by Gasteiger charge is 2.22. The van der Waals surface area contributed by atoms with Crippen LogP contribution in [-0.2, 0) is 6.54 Å². The number of fused-ring (bicyclic) bond motifs is 1. The van der Waals surface area contributed by atoms with Crippen LogP contribution in [0, 0.1) is 23.4 Å². The van der Waals surface area contributed by atoms with E-state index in [0.29, 0.717) is 57.2 Å². The minimum Gasteiger partial charge on any atom is -0.492 e. The number of hydrogen-bond acceptors (Lipinski definition) is 5. The summed E-state index contributed by atoms with van der Waals surface area (Å²) in [7, 11) is 0. The Kier molecular flexibility index (Phi) is 6.95. The third-order valence-electron chi connectivity index (χ3n) is 7.17. The fraction of sp³-hybridized carbons (Fsp3) is 0.286. The van der Waals surface area contributed by atoms with E-state index in [0.717, 1.165) is 25.0 Å². The Balaban J connectivity index is 1.42. The Morgan fingerprint density at radius 1 is 0.949 bits per heavy atom. The molecule has 1 fully saturated rings. The average molecular weight is 553 g/mol. The fourth-order valence-corrected chi connectivity index (χ4v) is 5.28. The molecule has 0 atom stereocenters. The van der Waals surface area contributed by atoms with Crippen LogP contribution in [0.5, 0.6) is 5.75 Å². The lowest BCUT2D eigenvalue weighted by Gasteiger charge is -2.22. The first-order chi connectivity index (χ1) is 19.0. The molecule has 39 heavy (non-hydrogen) atoms. The standard InChI is InChI=1S/C28H24ClF3N6O/c29-19-8-9-20(26(11-19)39-15-16-4-2-1-3-5-16)28-33-24-12-22(31)23(32)13-25(24)38(28)14-18-7-6-17(10-21(18)30)27-34-36-37-35-27/h6-13,16H,1-5,14-15H2,(H,34,35,36,37). The highest BCUT2D eigenvalue weighted by atomic mass is 35.5. The summed E-state index contributed by atoms with van der Waals surface area (Å²) >= 11 is 6.32. The number of ether oxygens (including phenoxy) is 1. The lowest BCUT2D eigenvalue weighted by atomic mass is 9.90. The zero-order valence-electron chi connectivity index (χ0n) is 20.8. The molecule has 1 aliphatic rings. The largest absolute Gasteiger partial charge is 0.492 e. The summed E-state index contributed by atoms with van der Waals surface area (Å²) in [4.78, 5) is 4.63. The van der Waals surface area contributed by atoms with E-state index in [1.165, 1.54) is 25.3 Å². The molecule has 0 unspecified atom stereocenters. The van der Waals surface area contributed by atoms with Crippen molar-refractivity contribution in [1.82, 2.24) is 30.2 Å². The van der Waals surface area contributed by atoms with Crippen LogP contribution in [0.25, 0.3) is 33.8 Å². The molecule has 0 amide bonds. The van der Waals surface area contributed by atoms with Crippen LogP contribution in [0.3, 0.4) is 0 Å². The topological polar surface area (TPSA) is 81.5 Å². The molecule has 0 radical (unpaired) electrons. The van der Waals surface area contributed by atoms with Crippen molar-refractivity contribution in [2.75, 3.05) is 6.61 Å². The molecular formula is C28H24ClF3N6O. The SMILES string of the molecule is Fc1cc2nc(-c3ccc(Cl)cc3OCC3CCCCC3)n(Cc3ccc(-c4nnn[nH]4)cc3F)c2cc1F. The van der Waals surface area contributed by atoms with Crippen molar-refractivity contribution >= 4 is 22.6 Å². The van der Waals surface area contributed by atoms with E-state index in [1.54, 1.807) is 34.9 Å². The zero-order chi connectivity index (χ0) is 26.9. The predicted molar refractivity (Wildman–Crippen MR) is 141 cm³/mol. The molecule has 6 rings (SSSR count). The summed E-state index contributed by atoms with van der Waals surface area (Å²) < 4.78 is 51.7. The lowest BCUT2D eigenvalue weighted by Crippen LogP contribution is -2.15. The van der Waals surface area contributed by atoms with Gasteiger partial charge in [-0.1, -0.05) is 43.0 Å². The van der Waals surface area contributed by atoms with Crippen molar-refractivity contribution in [3.8, 4) is 28.5 Å². The number of hydrogen-bond donors (Lipinski definition) is 1. The normalized spacial score (nSPS) is 14.3. The molecule has 1 N–H and O–H groups in total. The minimum atomic E-state index is -1.02. The number of aromatic amines is 1. The number of H-pyrrole nitrogens is 1. The quantitative estimate of drug-likeness (QED) is 0.236. The molecule has 7 nitrogen and oxygen atoms in total. The van der Waals surface area contributed by atoms with E-state index in [4.69, 9.17) is 16.3 Å². The van der Waals surface area contributed by atoms with Crippen molar-refractivity contribution in [2.45, 2.75) is 38.6 Å². The maximum absolute atomic E-state index is 15.3. The van der Waals surface area contributed by atoms with Crippen LogP contribution in [0.1, 0.15) is 37.7 Å². The van der Waals surface area contributed by atoms with E-state index in [2.05, 4.69) is 25.6 Å². The molecule has 200 valence electrons. The maximum Gasteiger partial charge on any atom is 0.179 e. The number of imidazole rings is 1. The molecule has 1 saturated carbocycles. The number of tetrazole rings is 1. The molecule has 1 aliphatic carbocycles. The van der Waals surface area contributed by atoms with Crippen LogP contribution in [0.4, 0.5) is 13.2 Å². The maximum atomic E-state index is 15.3. The van der Waals surface area contributed by atoms with Crippen LogP contribution in [-0.4, -0.2) is 36.8 Å². The van der Waals surface area contributed by atoms with Crippen molar-refractivity contribution in [1.29, 1.82) is 0 Å². The van der Waals surface area contributed by atoms with Gasteiger partial charge in [-0.25, -0.2) is 23.3 Å². The zero-order valence-corrected chi connectivity index (χ0v) is 21.6. The monoisotopic (exact) mass is 552 g/mol. The fourth-order valence-electron chi connectivity index (χ4n) is 5.12. The van der Waals surface area contributed by atoms with Gasteiger partial charge >= 0.3 is 0 Å². The molecule has 0 bridgehead atoms. The molecule has 11 heteroatoms. The Bertz CT molecular complexity index is 1630. The Morgan fingerprint density at radius 2 is 1.77 bits per heavy atom. The number of aromatic nitrogens is 6. The van der Waals surface area contributed by atoms with Gasteiger partial charge in [-0.15, -0.1) is 5.10 Å². The highest BCUT2D eigenvalue weighted by molar-refractivity contribution is 6.30. The second-order valence-electron chi connectivity index (χ2n) is 9.79. The molecule has 5 aromatic rings. The van der Waals surface area contributed by atoms with E-state index >= 15 is 4.39 Å². The van der Waals surface area contributed by atoms with Crippen LogP contribution in [0.15, 0.2) is 48.5 Å². The van der Waals surface area contributed by atoms with E-state index < -0.39 is 17.5 Å². The van der Waals surface area contributed by atoms with Gasteiger partial charge in [-0.05, 0) is 53.5 Å². The van der Waals surface area contributed by atoms with Gasteiger partial charge in [0.1, 0.15) is 17.4 Å². The summed E-state index contributed by atoms with van der Waals surface area (Å²) in [5.41, 5.74) is 1.94. The average Bonchev–Trinajstić information content (AvgIpc) is 3.59. The second kappa shape index (κ2) is 10.7. The first kappa shape index (κ1) is 25.4. The smallest absolute Gasteiger partial charge is 0.179 e. The molecule has 0 saturated heterocycles. The van der Waals surface area contributed by atoms with Crippen molar-refractivity contribution in [2.24, 2.45) is 5.92 Å². The van der Waals surface area contributed by atoms with E-state index in [-0.39, 0.29) is 12.1 Å².